The third kappa shape index (κ3) is 3.12. The zero-order valence-electron chi connectivity index (χ0n) is 13.7. The fourth-order valence-electron chi connectivity index (χ4n) is 2.21. The second-order valence-electron chi connectivity index (χ2n) is 5.30. The van der Waals surface area contributed by atoms with E-state index in [1.807, 2.05) is 13.0 Å². The molecule has 0 saturated carbocycles. The molecule has 0 amide bonds. The molecule has 0 aliphatic carbocycles. The van der Waals surface area contributed by atoms with E-state index in [0.717, 1.165) is 17.2 Å². The Bertz CT molecular complexity index is 820. The van der Waals surface area contributed by atoms with E-state index >= 15 is 0 Å². The Hall–Kier alpha value is -3.16. The van der Waals surface area contributed by atoms with Crippen molar-refractivity contribution in [1.29, 1.82) is 0 Å². The monoisotopic (exact) mass is 331 g/mol. The Morgan fingerprint density at radius 3 is 2.33 bits per heavy atom. The highest BCUT2D eigenvalue weighted by Crippen LogP contribution is 2.41. The summed E-state index contributed by atoms with van der Waals surface area (Å²) < 4.78 is 4.94. The summed E-state index contributed by atoms with van der Waals surface area (Å²) in [7, 11) is 1.28. The second kappa shape index (κ2) is 6.53. The normalized spacial score (nSPS) is 11.0. The molecular formula is C16H17N3O5. The maximum absolute atomic E-state index is 10.9. The van der Waals surface area contributed by atoms with Crippen LogP contribution in [-0.2, 0) is 0 Å². The van der Waals surface area contributed by atoms with Gasteiger partial charge >= 0.3 is 5.69 Å². The SMILES string of the molecule is COc1cc(N=Nc2c(C)c(C)cc(C)c2O)c(O)cc1[N+](=O)[O-]. The first-order chi connectivity index (χ1) is 11.3. The molecule has 126 valence electrons. The van der Waals surface area contributed by atoms with E-state index < -0.39 is 10.7 Å². The van der Waals surface area contributed by atoms with Crippen LogP contribution >= 0.6 is 0 Å². The van der Waals surface area contributed by atoms with Crippen LogP contribution in [0.15, 0.2) is 28.4 Å². The number of hydrogen-bond donors (Lipinski definition) is 2. The second-order valence-corrected chi connectivity index (χ2v) is 5.30. The van der Waals surface area contributed by atoms with Gasteiger partial charge in [-0.15, -0.1) is 10.2 Å². The lowest BCUT2D eigenvalue weighted by Crippen LogP contribution is -1.93. The van der Waals surface area contributed by atoms with E-state index in [1.54, 1.807) is 13.8 Å². The lowest BCUT2D eigenvalue weighted by Gasteiger charge is -2.09. The van der Waals surface area contributed by atoms with Gasteiger partial charge in [0.2, 0.25) is 0 Å². The molecule has 8 heteroatoms. The predicted molar refractivity (Wildman–Crippen MR) is 87.8 cm³/mol. The van der Waals surface area contributed by atoms with Gasteiger partial charge in [-0.05, 0) is 37.5 Å². The number of phenolic OH excluding ortho intramolecular Hbond substituents is 2. The highest BCUT2D eigenvalue weighted by atomic mass is 16.6. The average Bonchev–Trinajstić information content (AvgIpc) is 2.53. The minimum absolute atomic E-state index is 0.00425. The predicted octanol–water partition coefficient (Wildman–Crippen LogP) is 4.36. The Kier molecular flexibility index (Phi) is 4.68. The molecule has 0 aliphatic heterocycles. The third-order valence-corrected chi connectivity index (χ3v) is 3.71. The number of aromatic hydroxyl groups is 2. The molecule has 0 bridgehead atoms. The Labute approximate surface area is 138 Å². The minimum Gasteiger partial charge on any atom is -0.505 e. The standard InChI is InChI=1S/C16H17N3O5/c1-8-5-9(2)16(21)15(10(8)3)18-17-11-6-14(24-4)12(19(22)23)7-13(11)20/h5-7,20-21H,1-4H3. The van der Waals surface area contributed by atoms with Crippen LogP contribution in [0.25, 0.3) is 0 Å². The number of azo groups is 1. The average molecular weight is 331 g/mol. The first-order valence-corrected chi connectivity index (χ1v) is 7.03. The number of nitro benzene ring substituents is 1. The molecule has 24 heavy (non-hydrogen) atoms. The van der Waals surface area contributed by atoms with Gasteiger partial charge in [-0.1, -0.05) is 6.07 Å². The summed E-state index contributed by atoms with van der Waals surface area (Å²) in [5, 5.41) is 38.9. The molecule has 2 aromatic rings. The van der Waals surface area contributed by atoms with Crippen LogP contribution in [0.5, 0.6) is 17.2 Å². The summed E-state index contributed by atoms with van der Waals surface area (Å²) in [6.45, 7) is 5.42. The quantitative estimate of drug-likeness (QED) is 0.490. The van der Waals surface area contributed by atoms with Crippen molar-refractivity contribution in [3.63, 3.8) is 0 Å². The topological polar surface area (TPSA) is 118 Å². The van der Waals surface area contributed by atoms with Crippen molar-refractivity contribution in [2.45, 2.75) is 20.8 Å². The van der Waals surface area contributed by atoms with Gasteiger partial charge in [0.25, 0.3) is 0 Å². The van der Waals surface area contributed by atoms with Gasteiger partial charge < -0.3 is 14.9 Å². The maximum atomic E-state index is 10.9. The zero-order valence-corrected chi connectivity index (χ0v) is 13.7. The Morgan fingerprint density at radius 1 is 1.08 bits per heavy atom. The van der Waals surface area contributed by atoms with Crippen molar-refractivity contribution in [3.8, 4) is 17.2 Å². The van der Waals surface area contributed by atoms with Gasteiger partial charge in [0.1, 0.15) is 22.9 Å². The number of nitro groups is 1. The molecule has 0 fully saturated rings. The van der Waals surface area contributed by atoms with Crippen LogP contribution in [0.4, 0.5) is 17.1 Å². The highest BCUT2D eigenvalue weighted by molar-refractivity contribution is 5.65. The van der Waals surface area contributed by atoms with Crippen LogP contribution < -0.4 is 4.74 Å². The molecule has 0 aliphatic rings. The highest BCUT2D eigenvalue weighted by Gasteiger charge is 2.19. The van der Waals surface area contributed by atoms with Gasteiger partial charge in [0, 0.05) is 6.07 Å². The van der Waals surface area contributed by atoms with Crippen LogP contribution in [0.1, 0.15) is 16.7 Å². The summed E-state index contributed by atoms with van der Waals surface area (Å²) in [5.74, 6) is -0.462. The van der Waals surface area contributed by atoms with Crippen LogP contribution in [-0.4, -0.2) is 22.2 Å². The molecule has 0 aromatic heterocycles. The van der Waals surface area contributed by atoms with E-state index in [1.165, 1.54) is 13.2 Å². The number of nitrogens with zero attached hydrogens (tertiary/aromatic N) is 3. The van der Waals surface area contributed by atoms with Crippen molar-refractivity contribution in [2.24, 2.45) is 10.2 Å². The molecule has 0 saturated heterocycles. The first kappa shape index (κ1) is 17.2. The van der Waals surface area contributed by atoms with Crippen molar-refractivity contribution in [3.05, 3.63) is 45.0 Å². The Morgan fingerprint density at radius 2 is 1.75 bits per heavy atom. The van der Waals surface area contributed by atoms with Gasteiger partial charge in [0.15, 0.2) is 5.75 Å². The molecule has 8 nitrogen and oxygen atoms in total. The molecule has 0 radical (unpaired) electrons. The molecular weight excluding hydrogens is 314 g/mol. The number of aryl methyl sites for hydroxylation is 2. The Balaban J connectivity index is 2.53. The lowest BCUT2D eigenvalue weighted by molar-refractivity contribution is -0.385. The van der Waals surface area contributed by atoms with Gasteiger partial charge in [-0.2, -0.15) is 0 Å². The number of phenols is 2. The van der Waals surface area contributed by atoms with Crippen molar-refractivity contribution in [1.82, 2.24) is 0 Å². The van der Waals surface area contributed by atoms with Crippen molar-refractivity contribution >= 4 is 17.1 Å². The van der Waals surface area contributed by atoms with Crippen LogP contribution in [0, 0.1) is 30.9 Å². The molecule has 2 aromatic carbocycles. The minimum atomic E-state index is -0.667. The molecule has 0 unspecified atom stereocenters. The summed E-state index contributed by atoms with van der Waals surface area (Å²) in [6, 6.07) is 3.99. The van der Waals surface area contributed by atoms with Gasteiger partial charge in [-0.3, -0.25) is 10.1 Å². The van der Waals surface area contributed by atoms with Crippen molar-refractivity contribution < 1.29 is 19.9 Å². The van der Waals surface area contributed by atoms with Crippen LogP contribution in [0.3, 0.4) is 0 Å². The molecule has 2 rings (SSSR count). The number of hydrogen-bond acceptors (Lipinski definition) is 7. The fourth-order valence-corrected chi connectivity index (χ4v) is 2.21. The maximum Gasteiger partial charge on any atom is 0.314 e. The summed E-state index contributed by atoms with van der Waals surface area (Å²) >= 11 is 0. The van der Waals surface area contributed by atoms with Crippen molar-refractivity contribution in [2.75, 3.05) is 7.11 Å². The number of benzene rings is 2. The molecule has 0 heterocycles. The summed E-state index contributed by atoms with van der Waals surface area (Å²) in [4.78, 5) is 10.2. The van der Waals surface area contributed by atoms with E-state index in [-0.39, 0.29) is 28.6 Å². The summed E-state index contributed by atoms with van der Waals surface area (Å²) in [5.41, 5.74) is 2.23. The number of ether oxygens (including phenoxy) is 1. The largest absolute Gasteiger partial charge is 0.505 e. The van der Waals surface area contributed by atoms with E-state index in [2.05, 4.69) is 10.2 Å². The lowest BCUT2D eigenvalue weighted by atomic mass is 10.0. The molecule has 0 spiro atoms. The fraction of sp³-hybridized carbons (Fsp3) is 0.250. The first-order valence-electron chi connectivity index (χ1n) is 7.03. The zero-order chi connectivity index (χ0) is 18.0. The summed E-state index contributed by atoms with van der Waals surface area (Å²) in [6.07, 6.45) is 0. The van der Waals surface area contributed by atoms with E-state index in [0.29, 0.717) is 5.56 Å². The number of rotatable bonds is 4. The smallest absolute Gasteiger partial charge is 0.314 e. The number of methoxy groups -OCH3 is 1. The van der Waals surface area contributed by atoms with Gasteiger partial charge in [0.05, 0.1) is 18.1 Å². The molecule has 2 N–H and O–H groups in total. The van der Waals surface area contributed by atoms with E-state index in [9.17, 15) is 20.3 Å². The van der Waals surface area contributed by atoms with E-state index in [4.69, 9.17) is 4.74 Å². The third-order valence-electron chi connectivity index (χ3n) is 3.71. The van der Waals surface area contributed by atoms with Gasteiger partial charge in [-0.25, -0.2) is 0 Å². The molecule has 0 atom stereocenters. The van der Waals surface area contributed by atoms with Crippen LogP contribution in [0.2, 0.25) is 0 Å².